The average molecular weight is 386 g/mol. The van der Waals surface area contributed by atoms with Crippen LogP contribution in [0.5, 0.6) is 5.75 Å². The Kier molecular flexibility index (Phi) is 5.92. The van der Waals surface area contributed by atoms with Crippen molar-refractivity contribution in [3.63, 3.8) is 0 Å². The molecule has 0 bridgehead atoms. The van der Waals surface area contributed by atoms with E-state index in [1.54, 1.807) is 7.11 Å². The van der Waals surface area contributed by atoms with Crippen molar-refractivity contribution in [2.24, 2.45) is 0 Å². The number of fused-ring (bicyclic) bond motifs is 1. The van der Waals surface area contributed by atoms with Crippen LogP contribution in [0.3, 0.4) is 0 Å². The van der Waals surface area contributed by atoms with Crippen LogP contribution in [0.25, 0.3) is 0 Å². The molecule has 1 aliphatic carbocycles. The molecule has 0 saturated carbocycles. The summed E-state index contributed by atoms with van der Waals surface area (Å²) < 4.78 is 5.27. The normalized spacial score (nSPS) is 13.6. The van der Waals surface area contributed by atoms with E-state index in [1.807, 2.05) is 48.5 Å². The summed E-state index contributed by atoms with van der Waals surface area (Å²) in [6.07, 6.45) is 3.45. The summed E-state index contributed by atoms with van der Waals surface area (Å²) in [5.74, 6) is 0.771. The molecule has 3 aromatic rings. The van der Waals surface area contributed by atoms with E-state index in [2.05, 4.69) is 34.9 Å². The van der Waals surface area contributed by atoms with Gasteiger partial charge in [0, 0.05) is 5.69 Å². The molecular formula is C25H26N2O2. The van der Waals surface area contributed by atoms with Crippen molar-refractivity contribution in [1.29, 1.82) is 0 Å². The molecular weight excluding hydrogens is 360 g/mol. The maximum atomic E-state index is 12.6. The molecule has 4 heteroatoms. The third kappa shape index (κ3) is 4.66. The quantitative estimate of drug-likeness (QED) is 0.628. The van der Waals surface area contributed by atoms with E-state index in [9.17, 15) is 4.79 Å². The highest BCUT2D eigenvalue weighted by Crippen LogP contribution is 2.26. The first-order valence-corrected chi connectivity index (χ1v) is 10.1. The second-order valence-electron chi connectivity index (χ2n) is 7.38. The number of hydrogen-bond acceptors (Lipinski definition) is 3. The fourth-order valence-electron chi connectivity index (χ4n) is 3.92. The number of ether oxygens (including phenoxy) is 1. The van der Waals surface area contributed by atoms with Crippen molar-refractivity contribution >= 4 is 11.6 Å². The topological polar surface area (TPSA) is 50.4 Å². The molecule has 0 aromatic heterocycles. The lowest BCUT2D eigenvalue weighted by molar-refractivity contribution is -0.115. The minimum Gasteiger partial charge on any atom is -0.497 e. The molecule has 1 amide bonds. The van der Waals surface area contributed by atoms with Crippen molar-refractivity contribution in [1.82, 2.24) is 5.32 Å². The molecule has 0 spiro atoms. The monoisotopic (exact) mass is 386 g/mol. The molecule has 0 saturated heterocycles. The Balaban J connectivity index is 1.45. The van der Waals surface area contributed by atoms with E-state index in [0.29, 0.717) is 0 Å². The van der Waals surface area contributed by atoms with Crippen LogP contribution in [0.4, 0.5) is 5.69 Å². The van der Waals surface area contributed by atoms with Gasteiger partial charge in [-0.1, -0.05) is 48.5 Å². The van der Waals surface area contributed by atoms with E-state index in [4.69, 9.17) is 4.74 Å². The Bertz CT molecular complexity index is 968. The lowest BCUT2D eigenvalue weighted by Crippen LogP contribution is -2.32. The Labute approximate surface area is 171 Å². The van der Waals surface area contributed by atoms with Gasteiger partial charge in [-0.3, -0.25) is 10.1 Å². The van der Waals surface area contributed by atoms with Gasteiger partial charge in [0.1, 0.15) is 5.75 Å². The highest BCUT2D eigenvalue weighted by atomic mass is 16.5. The maximum Gasteiger partial charge on any atom is 0.238 e. The molecule has 148 valence electrons. The van der Waals surface area contributed by atoms with Gasteiger partial charge in [-0.05, 0) is 65.8 Å². The zero-order valence-corrected chi connectivity index (χ0v) is 16.7. The third-order valence-electron chi connectivity index (χ3n) is 5.43. The first kappa shape index (κ1) is 19.2. The molecule has 0 heterocycles. The van der Waals surface area contributed by atoms with Crippen LogP contribution in [0.1, 0.15) is 34.7 Å². The number of rotatable bonds is 7. The predicted octanol–water partition coefficient (Wildman–Crippen LogP) is 4.50. The molecule has 2 N–H and O–H groups in total. The van der Waals surface area contributed by atoms with Gasteiger partial charge in [-0.25, -0.2) is 0 Å². The Morgan fingerprint density at radius 1 is 0.931 bits per heavy atom. The molecule has 1 aliphatic rings. The van der Waals surface area contributed by atoms with Gasteiger partial charge < -0.3 is 10.1 Å². The average Bonchev–Trinajstić information content (AvgIpc) is 3.23. The highest BCUT2D eigenvalue weighted by Gasteiger charge is 2.16. The molecule has 4 nitrogen and oxygen atoms in total. The molecule has 0 unspecified atom stereocenters. The third-order valence-corrected chi connectivity index (χ3v) is 5.43. The lowest BCUT2D eigenvalue weighted by Gasteiger charge is -2.20. The smallest absolute Gasteiger partial charge is 0.238 e. The Morgan fingerprint density at radius 3 is 2.41 bits per heavy atom. The summed E-state index contributed by atoms with van der Waals surface area (Å²) in [5.41, 5.74) is 5.84. The van der Waals surface area contributed by atoms with E-state index < -0.39 is 0 Å². The number of hydrogen-bond donors (Lipinski definition) is 2. The summed E-state index contributed by atoms with van der Waals surface area (Å²) in [5, 5.41) is 6.44. The number of amides is 1. The van der Waals surface area contributed by atoms with Gasteiger partial charge in [-0.2, -0.15) is 0 Å². The number of carbonyl (C=O) groups excluding carboxylic acids is 1. The van der Waals surface area contributed by atoms with Gasteiger partial charge in [0.25, 0.3) is 0 Å². The second-order valence-corrected chi connectivity index (χ2v) is 7.38. The summed E-state index contributed by atoms with van der Waals surface area (Å²) in [6.45, 7) is 0.225. The molecule has 0 radical (unpaired) electrons. The molecule has 1 atom stereocenters. The van der Waals surface area contributed by atoms with Gasteiger partial charge in [-0.15, -0.1) is 0 Å². The first-order chi connectivity index (χ1) is 14.2. The van der Waals surface area contributed by atoms with Gasteiger partial charge >= 0.3 is 0 Å². The minimum absolute atomic E-state index is 0.0441. The zero-order chi connectivity index (χ0) is 20.1. The van der Waals surface area contributed by atoms with Crippen molar-refractivity contribution in [3.05, 3.63) is 95.1 Å². The van der Waals surface area contributed by atoms with E-state index >= 15 is 0 Å². The summed E-state index contributed by atoms with van der Waals surface area (Å²) in [4.78, 5) is 12.6. The van der Waals surface area contributed by atoms with Crippen LogP contribution in [0.15, 0.2) is 72.8 Å². The van der Waals surface area contributed by atoms with Crippen molar-refractivity contribution < 1.29 is 9.53 Å². The SMILES string of the molecule is COc1ccc([C@@H](NCC(=O)Nc2ccc3c(c2)CCC3)c2ccccc2)cc1. The second kappa shape index (κ2) is 8.93. The highest BCUT2D eigenvalue weighted by molar-refractivity contribution is 5.92. The summed E-state index contributed by atoms with van der Waals surface area (Å²) in [7, 11) is 1.66. The first-order valence-electron chi connectivity index (χ1n) is 10.1. The number of anilines is 1. The molecule has 0 aliphatic heterocycles. The van der Waals surface area contributed by atoms with Gasteiger partial charge in [0.05, 0.1) is 19.7 Å². The van der Waals surface area contributed by atoms with Crippen molar-refractivity contribution in [2.45, 2.75) is 25.3 Å². The van der Waals surface area contributed by atoms with E-state index in [1.165, 1.54) is 17.5 Å². The number of carbonyl (C=O) groups is 1. The fraction of sp³-hybridized carbons (Fsp3) is 0.240. The minimum atomic E-state index is -0.0760. The van der Waals surface area contributed by atoms with Gasteiger partial charge in [0.15, 0.2) is 0 Å². The molecule has 29 heavy (non-hydrogen) atoms. The van der Waals surface area contributed by atoms with Crippen LogP contribution in [0.2, 0.25) is 0 Å². The number of aryl methyl sites for hydroxylation is 2. The summed E-state index contributed by atoms with van der Waals surface area (Å²) in [6, 6.07) is 24.3. The van der Waals surface area contributed by atoms with E-state index in [-0.39, 0.29) is 18.5 Å². The Morgan fingerprint density at radius 2 is 1.66 bits per heavy atom. The van der Waals surface area contributed by atoms with Gasteiger partial charge in [0.2, 0.25) is 5.91 Å². The van der Waals surface area contributed by atoms with Crippen molar-refractivity contribution in [2.75, 3.05) is 19.0 Å². The predicted molar refractivity (Wildman–Crippen MR) is 116 cm³/mol. The molecule has 4 rings (SSSR count). The van der Waals surface area contributed by atoms with Crippen LogP contribution in [-0.2, 0) is 17.6 Å². The van der Waals surface area contributed by atoms with Crippen LogP contribution in [0, 0.1) is 0 Å². The maximum absolute atomic E-state index is 12.6. The number of methoxy groups -OCH3 is 1. The van der Waals surface area contributed by atoms with Crippen LogP contribution >= 0.6 is 0 Å². The fourth-order valence-corrected chi connectivity index (χ4v) is 3.92. The van der Waals surface area contributed by atoms with E-state index in [0.717, 1.165) is 35.4 Å². The Hall–Kier alpha value is -3.11. The molecule has 3 aromatic carbocycles. The lowest BCUT2D eigenvalue weighted by atomic mass is 9.98. The number of benzene rings is 3. The van der Waals surface area contributed by atoms with Crippen molar-refractivity contribution in [3.8, 4) is 5.75 Å². The largest absolute Gasteiger partial charge is 0.497 e. The zero-order valence-electron chi connectivity index (χ0n) is 16.7. The number of nitrogens with one attached hydrogen (secondary N) is 2. The standard InChI is InChI=1S/C25H26N2O2/c1-29-23-14-11-20(12-15-23)25(19-6-3-2-4-7-19)26-17-24(28)27-22-13-10-18-8-5-9-21(18)16-22/h2-4,6-7,10-16,25-26H,5,8-9,17H2,1H3,(H,27,28)/t25-/m0/s1. The summed E-state index contributed by atoms with van der Waals surface area (Å²) >= 11 is 0. The van der Waals surface area contributed by atoms with Crippen LogP contribution < -0.4 is 15.4 Å². The van der Waals surface area contributed by atoms with Crippen LogP contribution in [-0.4, -0.2) is 19.6 Å². The molecule has 0 fully saturated rings.